The SMILES string of the molecule is CSC(C)CCn1c(=S)[nH]c2cc(Cl)cnc21. The Balaban J connectivity index is 2.33. The molecule has 1 N–H and O–H groups in total. The molecule has 2 aromatic rings. The van der Waals surface area contributed by atoms with Gasteiger partial charge in [-0.15, -0.1) is 0 Å². The van der Waals surface area contributed by atoms with Crippen molar-refractivity contribution < 1.29 is 0 Å². The lowest BCUT2D eigenvalue weighted by molar-refractivity contribution is 0.644. The van der Waals surface area contributed by atoms with Gasteiger partial charge in [0, 0.05) is 18.0 Å². The summed E-state index contributed by atoms with van der Waals surface area (Å²) in [5.74, 6) is 0. The number of aromatic nitrogens is 3. The van der Waals surface area contributed by atoms with Crippen LogP contribution in [0.15, 0.2) is 12.3 Å². The van der Waals surface area contributed by atoms with E-state index in [2.05, 4.69) is 23.1 Å². The van der Waals surface area contributed by atoms with Crippen LogP contribution in [-0.4, -0.2) is 26.0 Å². The first-order chi connectivity index (χ1) is 8.11. The average Bonchev–Trinajstić information content (AvgIpc) is 2.61. The first-order valence-corrected chi connectivity index (χ1v) is 7.46. The number of imidazole rings is 1. The molecule has 1 unspecified atom stereocenters. The fraction of sp³-hybridized carbons (Fsp3) is 0.455. The second-order valence-corrected chi connectivity index (χ2v) is 6.04. The van der Waals surface area contributed by atoms with Gasteiger partial charge in [0.1, 0.15) is 0 Å². The number of hydrogen-bond acceptors (Lipinski definition) is 3. The molecule has 0 radical (unpaired) electrons. The minimum absolute atomic E-state index is 0.620. The topological polar surface area (TPSA) is 33.6 Å². The van der Waals surface area contributed by atoms with Crippen molar-refractivity contribution >= 4 is 46.7 Å². The zero-order valence-corrected chi connectivity index (χ0v) is 12.1. The van der Waals surface area contributed by atoms with Crippen molar-refractivity contribution in [3.8, 4) is 0 Å². The van der Waals surface area contributed by atoms with Crippen molar-refractivity contribution in [1.82, 2.24) is 14.5 Å². The number of pyridine rings is 1. The first-order valence-electron chi connectivity index (χ1n) is 5.38. The number of aryl methyl sites for hydroxylation is 1. The normalized spacial score (nSPS) is 13.1. The molecule has 17 heavy (non-hydrogen) atoms. The first kappa shape index (κ1) is 12.9. The summed E-state index contributed by atoms with van der Waals surface area (Å²) in [6.45, 7) is 3.10. The van der Waals surface area contributed by atoms with Crippen LogP contribution in [0, 0.1) is 4.77 Å². The molecule has 2 heterocycles. The number of hydrogen-bond donors (Lipinski definition) is 1. The largest absolute Gasteiger partial charge is 0.329 e. The van der Waals surface area contributed by atoms with E-state index >= 15 is 0 Å². The maximum absolute atomic E-state index is 5.90. The van der Waals surface area contributed by atoms with Crippen LogP contribution in [0.25, 0.3) is 11.2 Å². The van der Waals surface area contributed by atoms with Crippen LogP contribution in [0.1, 0.15) is 13.3 Å². The quantitative estimate of drug-likeness (QED) is 0.866. The highest BCUT2D eigenvalue weighted by Gasteiger charge is 2.07. The van der Waals surface area contributed by atoms with E-state index in [0.29, 0.717) is 15.0 Å². The number of fused-ring (bicyclic) bond motifs is 1. The van der Waals surface area contributed by atoms with Crippen LogP contribution >= 0.6 is 35.6 Å². The van der Waals surface area contributed by atoms with Gasteiger partial charge >= 0.3 is 0 Å². The number of rotatable bonds is 4. The van der Waals surface area contributed by atoms with Gasteiger partial charge in [0.05, 0.1) is 10.5 Å². The van der Waals surface area contributed by atoms with Crippen molar-refractivity contribution in [2.24, 2.45) is 0 Å². The van der Waals surface area contributed by atoms with E-state index in [-0.39, 0.29) is 0 Å². The lowest BCUT2D eigenvalue weighted by atomic mass is 10.3. The molecule has 0 spiro atoms. The third-order valence-electron chi connectivity index (χ3n) is 2.74. The fourth-order valence-corrected chi connectivity index (χ4v) is 2.44. The van der Waals surface area contributed by atoms with Crippen LogP contribution in [0.3, 0.4) is 0 Å². The molecular weight excluding hydrogens is 274 g/mol. The lowest BCUT2D eigenvalue weighted by Gasteiger charge is -2.08. The van der Waals surface area contributed by atoms with Crippen LogP contribution in [0.5, 0.6) is 0 Å². The summed E-state index contributed by atoms with van der Waals surface area (Å²) < 4.78 is 2.75. The number of halogens is 1. The summed E-state index contributed by atoms with van der Waals surface area (Å²) in [4.78, 5) is 7.47. The van der Waals surface area contributed by atoms with Gasteiger partial charge in [-0.25, -0.2) is 4.98 Å². The van der Waals surface area contributed by atoms with Gasteiger partial charge < -0.3 is 9.55 Å². The standard InChI is InChI=1S/C11H14ClN3S2/c1-7(17-2)3-4-15-10-9(14-11(15)16)5-8(12)6-13-10/h5-7H,3-4H2,1-2H3,(H,14,16). The van der Waals surface area contributed by atoms with Crippen molar-refractivity contribution in [2.45, 2.75) is 25.1 Å². The highest BCUT2D eigenvalue weighted by molar-refractivity contribution is 7.99. The molecule has 0 saturated heterocycles. The van der Waals surface area contributed by atoms with Crippen molar-refractivity contribution in [3.63, 3.8) is 0 Å². The van der Waals surface area contributed by atoms with E-state index in [0.717, 1.165) is 24.1 Å². The van der Waals surface area contributed by atoms with Crippen LogP contribution in [0.2, 0.25) is 5.02 Å². The molecular formula is C11H14ClN3S2. The molecule has 0 saturated carbocycles. The van der Waals surface area contributed by atoms with E-state index in [9.17, 15) is 0 Å². The van der Waals surface area contributed by atoms with Gasteiger partial charge in [0.2, 0.25) is 0 Å². The molecule has 2 rings (SSSR count). The molecule has 0 bridgehead atoms. The van der Waals surface area contributed by atoms with E-state index in [1.807, 2.05) is 22.4 Å². The molecule has 6 heteroatoms. The molecule has 0 aliphatic heterocycles. The fourth-order valence-electron chi connectivity index (χ4n) is 1.65. The minimum atomic E-state index is 0.620. The third-order valence-corrected chi connectivity index (χ3v) is 4.31. The van der Waals surface area contributed by atoms with Crippen molar-refractivity contribution in [1.29, 1.82) is 0 Å². The van der Waals surface area contributed by atoms with Gasteiger partial charge in [-0.1, -0.05) is 18.5 Å². The minimum Gasteiger partial charge on any atom is -0.329 e. The zero-order chi connectivity index (χ0) is 12.4. The number of aromatic amines is 1. The monoisotopic (exact) mass is 287 g/mol. The summed E-state index contributed by atoms with van der Waals surface area (Å²) >= 11 is 13.1. The smallest absolute Gasteiger partial charge is 0.179 e. The van der Waals surface area contributed by atoms with Gasteiger partial charge in [0.25, 0.3) is 0 Å². The Morgan fingerprint density at radius 1 is 1.65 bits per heavy atom. The maximum Gasteiger partial charge on any atom is 0.179 e. The highest BCUT2D eigenvalue weighted by atomic mass is 35.5. The Bertz CT molecular complexity index is 576. The highest BCUT2D eigenvalue weighted by Crippen LogP contribution is 2.18. The van der Waals surface area contributed by atoms with Crippen molar-refractivity contribution in [2.75, 3.05) is 6.26 Å². The van der Waals surface area contributed by atoms with Crippen LogP contribution in [-0.2, 0) is 6.54 Å². The summed E-state index contributed by atoms with van der Waals surface area (Å²) in [6, 6.07) is 1.86. The molecule has 2 aromatic heterocycles. The van der Waals surface area contributed by atoms with Gasteiger partial charge in [0.15, 0.2) is 10.4 Å². The Hall–Kier alpha value is -0.520. The zero-order valence-electron chi connectivity index (χ0n) is 9.74. The number of nitrogens with one attached hydrogen (secondary N) is 1. The Morgan fingerprint density at radius 3 is 3.12 bits per heavy atom. The second kappa shape index (κ2) is 5.42. The van der Waals surface area contributed by atoms with Gasteiger partial charge in [-0.3, -0.25) is 0 Å². The summed E-state index contributed by atoms with van der Waals surface area (Å²) in [6.07, 6.45) is 4.85. The number of thioether (sulfide) groups is 1. The van der Waals surface area contributed by atoms with Crippen molar-refractivity contribution in [3.05, 3.63) is 22.1 Å². The maximum atomic E-state index is 5.90. The number of nitrogens with zero attached hydrogens (tertiary/aromatic N) is 2. The predicted molar refractivity (Wildman–Crippen MR) is 77.5 cm³/mol. The summed E-state index contributed by atoms with van der Waals surface area (Å²) in [7, 11) is 0. The van der Waals surface area contributed by atoms with E-state index < -0.39 is 0 Å². The number of H-pyrrole nitrogens is 1. The van der Waals surface area contributed by atoms with Crippen LogP contribution in [0.4, 0.5) is 0 Å². The van der Waals surface area contributed by atoms with Gasteiger partial charge in [-0.2, -0.15) is 11.8 Å². The van der Waals surface area contributed by atoms with E-state index in [4.69, 9.17) is 23.8 Å². The Morgan fingerprint density at radius 2 is 2.41 bits per heavy atom. The van der Waals surface area contributed by atoms with E-state index in [1.54, 1.807) is 6.20 Å². The Labute approximate surface area is 115 Å². The molecule has 1 atom stereocenters. The lowest BCUT2D eigenvalue weighted by Crippen LogP contribution is -2.05. The molecule has 3 nitrogen and oxygen atoms in total. The third kappa shape index (κ3) is 2.84. The van der Waals surface area contributed by atoms with Crippen LogP contribution < -0.4 is 0 Å². The summed E-state index contributed by atoms with van der Waals surface area (Å²) in [5.41, 5.74) is 1.78. The molecule has 92 valence electrons. The molecule has 0 amide bonds. The predicted octanol–water partition coefficient (Wildman–Crippen LogP) is 3.89. The average molecular weight is 288 g/mol. The second-order valence-electron chi connectivity index (χ2n) is 3.94. The Kier molecular flexibility index (Phi) is 4.12. The molecule has 0 aliphatic carbocycles. The van der Waals surface area contributed by atoms with Gasteiger partial charge in [-0.05, 0) is 31.0 Å². The molecule has 0 aliphatic rings. The molecule has 0 aromatic carbocycles. The summed E-state index contributed by atoms with van der Waals surface area (Å²) in [5, 5.41) is 1.24. The van der Waals surface area contributed by atoms with E-state index in [1.165, 1.54) is 0 Å². The molecule has 0 fully saturated rings.